The Bertz CT molecular complexity index is 1140. The van der Waals surface area contributed by atoms with Crippen molar-refractivity contribution in [2.75, 3.05) is 7.11 Å². The number of amides is 2. The molecule has 3 rings (SSSR count). The minimum absolute atomic E-state index is 0.0239. The van der Waals surface area contributed by atoms with Gasteiger partial charge in [0.15, 0.2) is 5.69 Å². The third-order valence-corrected chi connectivity index (χ3v) is 4.23. The Morgan fingerprint density at radius 3 is 2.45 bits per heavy atom. The molecule has 0 unspecified atom stereocenters. The minimum atomic E-state index is -0.843. The first kappa shape index (κ1) is 20.0. The fourth-order valence-corrected chi connectivity index (χ4v) is 2.81. The van der Waals surface area contributed by atoms with E-state index in [-0.39, 0.29) is 22.6 Å². The van der Waals surface area contributed by atoms with Gasteiger partial charge in [0.05, 0.1) is 18.1 Å². The highest BCUT2D eigenvalue weighted by atomic mass is 19.1. The van der Waals surface area contributed by atoms with Gasteiger partial charge in [-0.3, -0.25) is 25.2 Å². The average Bonchev–Trinajstić information content (AvgIpc) is 2.73. The Hall–Kier alpha value is -3.75. The average molecular weight is 398 g/mol. The van der Waals surface area contributed by atoms with E-state index in [1.807, 2.05) is 6.92 Å². The van der Waals surface area contributed by atoms with Gasteiger partial charge in [0.2, 0.25) is 0 Å². The molecule has 0 spiro atoms. The van der Waals surface area contributed by atoms with Crippen LogP contribution in [0.5, 0.6) is 5.75 Å². The van der Waals surface area contributed by atoms with Crippen molar-refractivity contribution in [2.24, 2.45) is 0 Å². The molecular formula is C20H19FN4O4. The highest BCUT2D eigenvalue weighted by Gasteiger charge is 2.18. The Morgan fingerprint density at radius 2 is 1.79 bits per heavy atom. The van der Waals surface area contributed by atoms with E-state index in [1.54, 1.807) is 24.3 Å². The van der Waals surface area contributed by atoms with E-state index in [2.05, 4.69) is 16.0 Å². The second kappa shape index (κ2) is 8.51. The predicted molar refractivity (Wildman–Crippen MR) is 104 cm³/mol. The molecule has 9 heteroatoms. The summed E-state index contributed by atoms with van der Waals surface area (Å²) >= 11 is 0. The van der Waals surface area contributed by atoms with Crippen LogP contribution in [-0.4, -0.2) is 28.7 Å². The van der Waals surface area contributed by atoms with Gasteiger partial charge in [0.25, 0.3) is 17.4 Å². The number of ether oxygens (including phenoxy) is 1. The smallest absolute Gasteiger partial charge is 0.290 e. The van der Waals surface area contributed by atoms with E-state index in [4.69, 9.17) is 4.74 Å². The van der Waals surface area contributed by atoms with Crippen molar-refractivity contribution in [3.8, 4) is 5.75 Å². The van der Waals surface area contributed by atoms with Crippen molar-refractivity contribution in [3.05, 3.63) is 69.9 Å². The number of aryl methyl sites for hydroxylation is 1. The molecule has 0 saturated carbocycles. The molecule has 0 aliphatic heterocycles. The molecule has 3 aromatic rings. The maximum atomic E-state index is 14.0. The fraction of sp³-hybridized carbons (Fsp3) is 0.200. The Balaban J connectivity index is 1.86. The monoisotopic (exact) mass is 398 g/mol. The Kier molecular flexibility index (Phi) is 5.87. The summed E-state index contributed by atoms with van der Waals surface area (Å²) in [6.07, 6.45) is 0.653. The third kappa shape index (κ3) is 4.08. The summed E-state index contributed by atoms with van der Waals surface area (Å²) in [5, 5.41) is 4.83. The summed E-state index contributed by atoms with van der Waals surface area (Å²) in [6, 6.07) is 10.3. The second-order valence-electron chi connectivity index (χ2n) is 6.18. The molecule has 0 atom stereocenters. The number of aromatic nitrogens is 2. The molecule has 1 heterocycles. The first-order chi connectivity index (χ1) is 14.0. The normalized spacial score (nSPS) is 10.6. The van der Waals surface area contributed by atoms with Crippen LogP contribution in [0.4, 0.5) is 4.39 Å². The lowest BCUT2D eigenvalue weighted by Gasteiger charge is -2.12. The number of halogens is 1. The summed E-state index contributed by atoms with van der Waals surface area (Å²) in [5.41, 5.74) is 3.79. The van der Waals surface area contributed by atoms with Crippen molar-refractivity contribution < 1.29 is 18.7 Å². The van der Waals surface area contributed by atoms with E-state index in [0.717, 1.165) is 6.07 Å². The van der Waals surface area contributed by atoms with Crippen molar-refractivity contribution in [2.45, 2.75) is 19.9 Å². The molecular weight excluding hydrogens is 379 g/mol. The molecule has 2 N–H and O–H groups in total. The number of methoxy groups -OCH3 is 1. The van der Waals surface area contributed by atoms with Crippen LogP contribution in [0.2, 0.25) is 0 Å². The number of benzene rings is 2. The lowest BCUT2D eigenvalue weighted by atomic mass is 10.1. The summed E-state index contributed by atoms with van der Waals surface area (Å²) in [6.45, 7) is 2.22. The predicted octanol–water partition coefficient (Wildman–Crippen LogP) is 2.03. The first-order valence-electron chi connectivity index (χ1n) is 8.90. The molecule has 29 heavy (non-hydrogen) atoms. The molecule has 1 aromatic heterocycles. The summed E-state index contributed by atoms with van der Waals surface area (Å²) in [4.78, 5) is 37.3. The number of hydrogen-bond acceptors (Lipinski definition) is 5. The van der Waals surface area contributed by atoms with Crippen molar-refractivity contribution in [1.82, 2.24) is 20.6 Å². The Labute approximate surface area is 165 Å². The van der Waals surface area contributed by atoms with Crippen LogP contribution < -0.4 is 21.1 Å². The largest absolute Gasteiger partial charge is 0.497 e. The quantitative estimate of drug-likeness (QED) is 0.641. The standard InChI is InChI=1S/C20H19FN4O4/c1-3-10-25-20(28)14-7-5-4-6-13(14)17(24-25)19(27)23-22-18(26)15-9-8-12(29-2)11-16(15)21/h4-9,11H,3,10H2,1-2H3,(H,22,26)(H,23,27). The Morgan fingerprint density at radius 1 is 1.10 bits per heavy atom. The number of carbonyl (C=O) groups is 2. The molecule has 2 amide bonds. The number of hydrogen-bond donors (Lipinski definition) is 2. The van der Waals surface area contributed by atoms with E-state index >= 15 is 0 Å². The fourth-order valence-electron chi connectivity index (χ4n) is 2.81. The van der Waals surface area contributed by atoms with Gasteiger partial charge in [-0.05, 0) is 24.6 Å². The summed E-state index contributed by atoms with van der Waals surface area (Å²) < 4.78 is 20.1. The lowest BCUT2D eigenvalue weighted by Crippen LogP contribution is -2.43. The summed E-state index contributed by atoms with van der Waals surface area (Å²) in [5.74, 6) is -2.11. The van der Waals surface area contributed by atoms with Crippen LogP contribution in [0.25, 0.3) is 10.8 Å². The van der Waals surface area contributed by atoms with Crippen LogP contribution in [0.3, 0.4) is 0 Å². The van der Waals surface area contributed by atoms with Gasteiger partial charge in [-0.1, -0.05) is 25.1 Å². The molecule has 8 nitrogen and oxygen atoms in total. The van der Waals surface area contributed by atoms with Crippen LogP contribution in [0.1, 0.15) is 34.2 Å². The van der Waals surface area contributed by atoms with Gasteiger partial charge in [0, 0.05) is 18.0 Å². The highest BCUT2D eigenvalue weighted by Crippen LogP contribution is 2.16. The number of fused-ring (bicyclic) bond motifs is 1. The molecule has 2 aromatic carbocycles. The zero-order chi connectivity index (χ0) is 21.0. The van der Waals surface area contributed by atoms with Crippen LogP contribution in [0.15, 0.2) is 47.3 Å². The zero-order valence-electron chi connectivity index (χ0n) is 15.9. The molecule has 0 saturated heterocycles. The molecule has 150 valence electrons. The topological polar surface area (TPSA) is 102 Å². The SMILES string of the molecule is CCCn1nc(C(=O)NNC(=O)c2ccc(OC)cc2F)c2ccccc2c1=O. The van der Waals surface area contributed by atoms with E-state index < -0.39 is 17.6 Å². The third-order valence-electron chi connectivity index (χ3n) is 4.23. The highest BCUT2D eigenvalue weighted by molar-refractivity contribution is 6.06. The van der Waals surface area contributed by atoms with Gasteiger partial charge in [0.1, 0.15) is 11.6 Å². The van der Waals surface area contributed by atoms with Crippen molar-refractivity contribution in [1.29, 1.82) is 0 Å². The molecule has 0 aliphatic carbocycles. The van der Waals surface area contributed by atoms with Crippen molar-refractivity contribution in [3.63, 3.8) is 0 Å². The number of nitrogens with zero attached hydrogens (tertiary/aromatic N) is 2. The number of nitrogens with one attached hydrogen (secondary N) is 2. The summed E-state index contributed by atoms with van der Waals surface area (Å²) in [7, 11) is 1.38. The first-order valence-corrected chi connectivity index (χ1v) is 8.90. The van der Waals surface area contributed by atoms with Crippen LogP contribution in [0, 0.1) is 5.82 Å². The van der Waals surface area contributed by atoms with E-state index in [0.29, 0.717) is 23.7 Å². The molecule has 0 radical (unpaired) electrons. The maximum Gasteiger partial charge on any atom is 0.290 e. The van der Waals surface area contributed by atoms with E-state index in [9.17, 15) is 18.8 Å². The number of hydrazine groups is 1. The number of rotatable bonds is 5. The van der Waals surface area contributed by atoms with Crippen LogP contribution in [-0.2, 0) is 6.54 Å². The van der Waals surface area contributed by atoms with Crippen LogP contribution >= 0.6 is 0 Å². The molecule has 0 aliphatic rings. The molecule has 0 fully saturated rings. The maximum absolute atomic E-state index is 14.0. The van der Waals surface area contributed by atoms with Gasteiger partial charge in [-0.2, -0.15) is 5.10 Å². The lowest BCUT2D eigenvalue weighted by molar-refractivity contribution is 0.0841. The van der Waals surface area contributed by atoms with Gasteiger partial charge < -0.3 is 4.74 Å². The van der Waals surface area contributed by atoms with E-state index in [1.165, 1.54) is 23.9 Å². The minimum Gasteiger partial charge on any atom is -0.497 e. The number of carbonyl (C=O) groups excluding carboxylic acids is 2. The van der Waals surface area contributed by atoms with Gasteiger partial charge in [-0.25, -0.2) is 9.07 Å². The molecule has 0 bridgehead atoms. The second-order valence-corrected chi connectivity index (χ2v) is 6.18. The van der Waals surface area contributed by atoms with Crippen molar-refractivity contribution >= 4 is 22.6 Å². The van der Waals surface area contributed by atoms with Gasteiger partial charge in [-0.15, -0.1) is 0 Å². The zero-order valence-corrected chi connectivity index (χ0v) is 15.9. The van der Waals surface area contributed by atoms with Gasteiger partial charge >= 0.3 is 0 Å².